The summed E-state index contributed by atoms with van der Waals surface area (Å²) < 4.78 is 52.6. The van der Waals surface area contributed by atoms with Gasteiger partial charge in [0.1, 0.15) is 16.5 Å². The van der Waals surface area contributed by atoms with Gasteiger partial charge in [0.2, 0.25) is 21.8 Å². The summed E-state index contributed by atoms with van der Waals surface area (Å²) >= 11 is 0. The molecule has 2 rings (SSSR count). The Balaban J connectivity index is 1.99. The first-order chi connectivity index (χ1) is 11.8. The topological polar surface area (TPSA) is 113 Å². The number of piperazine rings is 1. The number of halogens is 2. The number of amides is 2. The van der Waals surface area contributed by atoms with Crippen molar-refractivity contribution in [2.45, 2.75) is 4.90 Å². The number of carbonyl (C=O) groups excluding carboxylic acids is 2. The van der Waals surface area contributed by atoms with Gasteiger partial charge in [-0.3, -0.25) is 9.59 Å². The molecule has 1 heterocycles. The molecular weight excluding hydrogens is 358 g/mol. The quantitative estimate of drug-likeness (QED) is 0.675. The Labute approximate surface area is 143 Å². The highest BCUT2D eigenvalue weighted by molar-refractivity contribution is 7.89. The van der Waals surface area contributed by atoms with E-state index >= 15 is 0 Å². The average Bonchev–Trinajstić information content (AvgIpc) is 2.59. The third-order valence-corrected chi connectivity index (χ3v) is 5.66. The van der Waals surface area contributed by atoms with Crippen LogP contribution in [0.4, 0.5) is 8.78 Å². The molecule has 1 saturated heterocycles. The molecule has 0 spiro atoms. The molecule has 0 bridgehead atoms. The number of benzene rings is 1. The molecule has 1 aromatic rings. The maximum absolute atomic E-state index is 13.8. The fraction of sp³-hybridized carbons (Fsp3) is 0.429. The maximum Gasteiger partial charge on any atom is 0.246 e. The summed E-state index contributed by atoms with van der Waals surface area (Å²) in [6.45, 7) is -0.331. The van der Waals surface area contributed by atoms with Crippen molar-refractivity contribution in [3.63, 3.8) is 0 Å². The van der Waals surface area contributed by atoms with Gasteiger partial charge in [-0.05, 0) is 12.1 Å². The number of hydrogen-bond acceptors (Lipinski definition) is 5. The lowest BCUT2D eigenvalue weighted by molar-refractivity contribution is -0.133. The highest BCUT2D eigenvalue weighted by Gasteiger charge is 2.32. The van der Waals surface area contributed by atoms with Crippen molar-refractivity contribution in [1.29, 1.82) is 0 Å². The molecule has 25 heavy (non-hydrogen) atoms. The van der Waals surface area contributed by atoms with E-state index in [1.165, 1.54) is 4.90 Å². The molecule has 0 aromatic heterocycles. The molecular formula is C14H18F2N4O4S. The van der Waals surface area contributed by atoms with Gasteiger partial charge in [0, 0.05) is 32.2 Å². The fourth-order valence-electron chi connectivity index (χ4n) is 2.36. The molecule has 1 aliphatic heterocycles. The van der Waals surface area contributed by atoms with E-state index < -0.39 is 32.5 Å². The minimum atomic E-state index is -4.12. The third kappa shape index (κ3) is 4.50. The smallest absolute Gasteiger partial charge is 0.246 e. The molecule has 0 unspecified atom stereocenters. The van der Waals surface area contributed by atoms with Crippen molar-refractivity contribution in [1.82, 2.24) is 14.5 Å². The average molecular weight is 376 g/mol. The van der Waals surface area contributed by atoms with Crippen molar-refractivity contribution in [2.24, 2.45) is 5.73 Å². The predicted molar refractivity (Wildman–Crippen MR) is 83.8 cm³/mol. The predicted octanol–water partition coefficient (Wildman–Crippen LogP) is -1.13. The minimum Gasteiger partial charge on any atom is -0.346 e. The van der Waals surface area contributed by atoms with Crippen LogP contribution in [0.25, 0.3) is 0 Å². The van der Waals surface area contributed by atoms with Crippen LogP contribution in [0.2, 0.25) is 0 Å². The van der Waals surface area contributed by atoms with Gasteiger partial charge in [-0.2, -0.15) is 4.31 Å². The van der Waals surface area contributed by atoms with E-state index in [2.05, 4.69) is 5.32 Å². The molecule has 1 aromatic carbocycles. The van der Waals surface area contributed by atoms with Crippen LogP contribution in [-0.4, -0.2) is 68.7 Å². The van der Waals surface area contributed by atoms with Crippen LogP contribution in [0.3, 0.4) is 0 Å². The lowest BCUT2D eigenvalue weighted by Gasteiger charge is -2.34. The Morgan fingerprint density at radius 1 is 1.16 bits per heavy atom. The number of carbonyl (C=O) groups is 2. The first-order valence-corrected chi connectivity index (χ1v) is 8.89. The molecule has 1 fully saturated rings. The van der Waals surface area contributed by atoms with E-state index in [9.17, 15) is 26.8 Å². The van der Waals surface area contributed by atoms with Crippen LogP contribution in [0, 0.1) is 11.6 Å². The number of nitrogens with one attached hydrogen (secondary N) is 1. The third-order valence-electron chi connectivity index (χ3n) is 3.73. The number of rotatable bonds is 5. The molecule has 0 aliphatic carbocycles. The zero-order valence-electron chi connectivity index (χ0n) is 13.2. The van der Waals surface area contributed by atoms with Crippen LogP contribution in [0.15, 0.2) is 23.1 Å². The summed E-state index contributed by atoms with van der Waals surface area (Å²) in [5.41, 5.74) is 5.12. The van der Waals surface area contributed by atoms with Gasteiger partial charge < -0.3 is 16.0 Å². The Kier molecular flexibility index (Phi) is 6.03. The maximum atomic E-state index is 13.8. The van der Waals surface area contributed by atoms with E-state index in [4.69, 9.17) is 5.73 Å². The summed E-state index contributed by atoms with van der Waals surface area (Å²) in [5.74, 6) is -2.87. The summed E-state index contributed by atoms with van der Waals surface area (Å²) in [6, 6.07) is 2.25. The Bertz CT molecular complexity index is 764. The summed E-state index contributed by atoms with van der Waals surface area (Å²) in [4.78, 5) is 23.8. The second-order valence-electron chi connectivity index (χ2n) is 5.34. The molecule has 3 N–H and O–H groups in total. The lowest BCUT2D eigenvalue weighted by atomic mass is 10.3. The van der Waals surface area contributed by atoms with Crippen LogP contribution in [0.5, 0.6) is 0 Å². The highest BCUT2D eigenvalue weighted by Crippen LogP contribution is 2.21. The van der Waals surface area contributed by atoms with Crippen LogP contribution >= 0.6 is 0 Å². The van der Waals surface area contributed by atoms with Crippen LogP contribution in [0.1, 0.15) is 0 Å². The van der Waals surface area contributed by atoms with Crippen molar-refractivity contribution in [3.05, 3.63) is 29.8 Å². The summed E-state index contributed by atoms with van der Waals surface area (Å²) in [6.07, 6.45) is 0. The highest BCUT2D eigenvalue weighted by atomic mass is 32.2. The van der Waals surface area contributed by atoms with Gasteiger partial charge in [-0.15, -0.1) is 0 Å². The molecule has 1 aliphatic rings. The van der Waals surface area contributed by atoms with Crippen molar-refractivity contribution >= 4 is 21.8 Å². The molecule has 0 radical (unpaired) electrons. The van der Waals surface area contributed by atoms with Crippen molar-refractivity contribution in [2.75, 3.05) is 39.3 Å². The molecule has 0 atom stereocenters. The van der Waals surface area contributed by atoms with E-state index in [-0.39, 0.29) is 45.2 Å². The first kappa shape index (κ1) is 19.2. The minimum absolute atomic E-state index is 0.0320. The molecule has 2 amide bonds. The van der Waals surface area contributed by atoms with Crippen LogP contribution < -0.4 is 11.1 Å². The van der Waals surface area contributed by atoms with Crippen molar-refractivity contribution in [3.8, 4) is 0 Å². The van der Waals surface area contributed by atoms with Gasteiger partial charge in [-0.25, -0.2) is 17.2 Å². The second-order valence-corrected chi connectivity index (χ2v) is 7.25. The van der Waals surface area contributed by atoms with Crippen molar-refractivity contribution < 1.29 is 26.8 Å². The standard InChI is InChI=1S/C14H18F2N4O4S/c15-10-1-2-12(11(16)7-10)25(23,24)20-5-3-19(4-6-20)14(22)9-18-13(21)8-17/h1-2,7H,3-6,8-9,17H2,(H,18,21). The van der Waals surface area contributed by atoms with E-state index in [1.54, 1.807) is 0 Å². The number of nitrogens with zero attached hydrogens (tertiary/aromatic N) is 2. The zero-order valence-corrected chi connectivity index (χ0v) is 14.1. The van der Waals surface area contributed by atoms with Gasteiger partial charge in [-0.1, -0.05) is 0 Å². The van der Waals surface area contributed by atoms with Gasteiger partial charge in [0.15, 0.2) is 0 Å². The number of nitrogens with two attached hydrogens (primary N) is 1. The van der Waals surface area contributed by atoms with E-state index in [0.717, 1.165) is 16.4 Å². The summed E-state index contributed by atoms with van der Waals surface area (Å²) in [5, 5.41) is 2.34. The largest absolute Gasteiger partial charge is 0.346 e. The van der Waals surface area contributed by atoms with E-state index in [0.29, 0.717) is 6.07 Å². The molecule has 0 saturated carbocycles. The second kappa shape index (κ2) is 7.85. The fourth-order valence-corrected chi connectivity index (χ4v) is 3.83. The van der Waals surface area contributed by atoms with Gasteiger partial charge in [0.05, 0.1) is 13.1 Å². The van der Waals surface area contributed by atoms with Gasteiger partial charge >= 0.3 is 0 Å². The zero-order chi connectivity index (χ0) is 18.6. The Morgan fingerprint density at radius 3 is 2.36 bits per heavy atom. The first-order valence-electron chi connectivity index (χ1n) is 7.45. The lowest BCUT2D eigenvalue weighted by Crippen LogP contribution is -2.52. The summed E-state index contributed by atoms with van der Waals surface area (Å²) in [7, 11) is -4.12. The van der Waals surface area contributed by atoms with Crippen LogP contribution in [-0.2, 0) is 19.6 Å². The SMILES string of the molecule is NCC(=O)NCC(=O)N1CCN(S(=O)(=O)c2ccc(F)cc2F)CC1. The van der Waals surface area contributed by atoms with E-state index in [1.807, 2.05) is 0 Å². The number of sulfonamides is 1. The molecule has 8 nitrogen and oxygen atoms in total. The Hall–Kier alpha value is -2.11. The molecule has 11 heteroatoms. The number of hydrogen-bond donors (Lipinski definition) is 2. The molecule has 138 valence electrons. The van der Waals surface area contributed by atoms with Gasteiger partial charge in [0.25, 0.3) is 0 Å². The monoisotopic (exact) mass is 376 g/mol. The normalized spacial score (nSPS) is 15.9. The Morgan fingerprint density at radius 2 is 1.80 bits per heavy atom.